The summed E-state index contributed by atoms with van der Waals surface area (Å²) in [6, 6.07) is 16.0. The molecule has 0 aliphatic heterocycles. The number of isocyanates is 1. The lowest BCUT2D eigenvalue weighted by molar-refractivity contribution is 0.565. The lowest BCUT2D eigenvalue weighted by Crippen LogP contribution is -1.88. The molecule has 2 heteroatoms. The molecule has 0 saturated heterocycles. The summed E-state index contributed by atoms with van der Waals surface area (Å²) in [5, 5.41) is 0. The van der Waals surface area contributed by atoms with Crippen molar-refractivity contribution in [2.75, 3.05) is 0 Å². The number of aryl methyl sites for hydroxylation is 1. The Hall–Kier alpha value is -2.18. The molecule has 84 valence electrons. The molecule has 0 unspecified atom stereocenters. The monoisotopic (exact) mass is 223 g/mol. The van der Waals surface area contributed by atoms with Gasteiger partial charge < -0.3 is 0 Å². The van der Waals surface area contributed by atoms with Crippen LogP contribution in [0.15, 0.2) is 53.5 Å². The Morgan fingerprint density at radius 2 is 1.76 bits per heavy atom. The summed E-state index contributed by atoms with van der Waals surface area (Å²) < 4.78 is 0. The van der Waals surface area contributed by atoms with Gasteiger partial charge >= 0.3 is 0 Å². The molecule has 2 aromatic carbocycles. The number of aliphatic imine (C=N–C) groups is 1. The molecule has 0 bridgehead atoms. The Bertz CT molecular complexity index is 551. The predicted molar refractivity (Wildman–Crippen MR) is 68.2 cm³/mol. The number of para-hydroxylation sites is 1. The van der Waals surface area contributed by atoms with Crippen LogP contribution in [0.25, 0.3) is 0 Å². The second-order valence-corrected chi connectivity index (χ2v) is 3.99. The lowest BCUT2D eigenvalue weighted by Gasteiger charge is -2.04. The third kappa shape index (κ3) is 2.90. The molecule has 0 saturated carbocycles. The first kappa shape index (κ1) is 11.3. The summed E-state index contributed by atoms with van der Waals surface area (Å²) in [7, 11) is 0. The third-order valence-corrected chi connectivity index (χ3v) is 2.67. The van der Waals surface area contributed by atoms with Crippen LogP contribution >= 0.6 is 0 Å². The maximum Gasteiger partial charge on any atom is 0.240 e. The number of hydrogen-bond acceptors (Lipinski definition) is 2. The standard InChI is InChI=1S/C15H13NO/c1-12-6-8-13(9-7-12)10-14-4-2-3-5-15(14)16-11-17/h2-9H,10H2,1H3. The second kappa shape index (κ2) is 5.24. The van der Waals surface area contributed by atoms with Gasteiger partial charge in [-0.15, -0.1) is 0 Å². The van der Waals surface area contributed by atoms with E-state index >= 15 is 0 Å². The molecule has 0 spiro atoms. The SMILES string of the molecule is Cc1ccc(Cc2ccccc2N=C=O)cc1. The van der Waals surface area contributed by atoms with Gasteiger partial charge in [-0.3, -0.25) is 0 Å². The zero-order chi connectivity index (χ0) is 12.1. The summed E-state index contributed by atoms with van der Waals surface area (Å²) in [6.07, 6.45) is 2.37. The largest absolute Gasteiger partial charge is 0.240 e. The highest BCUT2D eigenvalue weighted by atomic mass is 16.1. The molecule has 0 atom stereocenters. The van der Waals surface area contributed by atoms with Crippen molar-refractivity contribution in [2.24, 2.45) is 4.99 Å². The minimum absolute atomic E-state index is 0.697. The number of carbonyl (C=O) groups excluding carboxylic acids is 1. The first-order chi connectivity index (χ1) is 8.29. The molecule has 0 aromatic heterocycles. The van der Waals surface area contributed by atoms with E-state index in [1.165, 1.54) is 11.1 Å². The third-order valence-electron chi connectivity index (χ3n) is 2.67. The molecule has 0 amide bonds. The van der Waals surface area contributed by atoms with Gasteiger partial charge in [0.1, 0.15) is 0 Å². The fourth-order valence-electron chi connectivity index (χ4n) is 1.74. The number of rotatable bonds is 3. The average Bonchev–Trinajstić information content (AvgIpc) is 2.35. The van der Waals surface area contributed by atoms with E-state index in [0.717, 1.165) is 12.0 Å². The zero-order valence-electron chi connectivity index (χ0n) is 9.68. The van der Waals surface area contributed by atoms with Crippen LogP contribution in [0, 0.1) is 6.92 Å². The van der Waals surface area contributed by atoms with Crippen LogP contribution in [-0.2, 0) is 11.2 Å². The average molecular weight is 223 g/mol. The molecule has 2 aromatic rings. The molecule has 0 N–H and O–H groups in total. The molecule has 0 aliphatic rings. The normalized spacial score (nSPS) is 9.71. The highest BCUT2D eigenvalue weighted by Crippen LogP contribution is 2.21. The van der Waals surface area contributed by atoms with Gasteiger partial charge in [0.2, 0.25) is 6.08 Å². The van der Waals surface area contributed by atoms with Crippen LogP contribution in [-0.4, -0.2) is 6.08 Å². The molecule has 0 radical (unpaired) electrons. The van der Waals surface area contributed by atoms with Gasteiger partial charge in [0, 0.05) is 0 Å². The Morgan fingerprint density at radius 3 is 2.47 bits per heavy atom. The van der Waals surface area contributed by atoms with Gasteiger partial charge in [0.25, 0.3) is 0 Å². The highest BCUT2D eigenvalue weighted by molar-refractivity contribution is 5.54. The van der Waals surface area contributed by atoms with E-state index in [2.05, 4.69) is 36.2 Å². The van der Waals surface area contributed by atoms with Gasteiger partial charge in [-0.2, -0.15) is 4.99 Å². The summed E-state index contributed by atoms with van der Waals surface area (Å²) in [5.74, 6) is 0. The Morgan fingerprint density at radius 1 is 1.06 bits per heavy atom. The number of hydrogen-bond donors (Lipinski definition) is 0. The van der Waals surface area contributed by atoms with Crippen molar-refractivity contribution in [1.82, 2.24) is 0 Å². The van der Waals surface area contributed by atoms with Crippen LogP contribution in [0.2, 0.25) is 0 Å². The fraction of sp³-hybridized carbons (Fsp3) is 0.133. The van der Waals surface area contributed by atoms with Gasteiger partial charge in [0.15, 0.2) is 0 Å². The number of benzene rings is 2. The maximum absolute atomic E-state index is 10.3. The Labute approximate surface area is 101 Å². The first-order valence-corrected chi connectivity index (χ1v) is 5.51. The van der Waals surface area contributed by atoms with Gasteiger partial charge in [-0.1, -0.05) is 48.0 Å². The van der Waals surface area contributed by atoms with Crippen molar-refractivity contribution >= 4 is 11.8 Å². The topological polar surface area (TPSA) is 29.4 Å². The van der Waals surface area contributed by atoms with Gasteiger partial charge in [-0.05, 0) is 30.5 Å². The number of nitrogens with zero attached hydrogens (tertiary/aromatic N) is 1. The molecule has 2 rings (SSSR count). The highest BCUT2D eigenvalue weighted by Gasteiger charge is 2.01. The molecule has 2 nitrogen and oxygen atoms in total. The van der Waals surface area contributed by atoms with Crippen molar-refractivity contribution in [3.63, 3.8) is 0 Å². The van der Waals surface area contributed by atoms with E-state index in [9.17, 15) is 4.79 Å². The van der Waals surface area contributed by atoms with E-state index in [-0.39, 0.29) is 0 Å². The Balaban J connectivity index is 2.29. The minimum Gasteiger partial charge on any atom is -0.211 e. The van der Waals surface area contributed by atoms with E-state index in [0.29, 0.717) is 5.69 Å². The second-order valence-electron chi connectivity index (χ2n) is 3.99. The van der Waals surface area contributed by atoms with Crippen LogP contribution in [0.1, 0.15) is 16.7 Å². The van der Waals surface area contributed by atoms with E-state index in [1.54, 1.807) is 6.08 Å². The van der Waals surface area contributed by atoms with Crippen molar-refractivity contribution in [1.29, 1.82) is 0 Å². The summed E-state index contributed by atoms with van der Waals surface area (Å²) in [4.78, 5) is 14.0. The molecule has 0 heterocycles. The Kier molecular flexibility index (Phi) is 3.49. The van der Waals surface area contributed by atoms with Crippen molar-refractivity contribution in [3.05, 3.63) is 65.2 Å². The maximum atomic E-state index is 10.3. The summed E-state index contributed by atoms with van der Waals surface area (Å²) in [5.41, 5.74) is 4.19. The van der Waals surface area contributed by atoms with Gasteiger partial charge in [-0.25, -0.2) is 4.79 Å². The van der Waals surface area contributed by atoms with Crippen LogP contribution < -0.4 is 0 Å². The first-order valence-electron chi connectivity index (χ1n) is 5.51. The summed E-state index contributed by atoms with van der Waals surface area (Å²) in [6.45, 7) is 2.06. The summed E-state index contributed by atoms with van der Waals surface area (Å²) >= 11 is 0. The van der Waals surface area contributed by atoms with Crippen molar-refractivity contribution in [3.8, 4) is 0 Å². The van der Waals surface area contributed by atoms with E-state index < -0.39 is 0 Å². The lowest BCUT2D eigenvalue weighted by atomic mass is 10.0. The zero-order valence-corrected chi connectivity index (χ0v) is 9.68. The van der Waals surface area contributed by atoms with Crippen molar-refractivity contribution in [2.45, 2.75) is 13.3 Å². The van der Waals surface area contributed by atoms with E-state index in [1.807, 2.05) is 24.3 Å². The smallest absolute Gasteiger partial charge is 0.211 e. The molecule has 17 heavy (non-hydrogen) atoms. The quantitative estimate of drug-likeness (QED) is 0.578. The van der Waals surface area contributed by atoms with E-state index in [4.69, 9.17) is 0 Å². The predicted octanol–water partition coefficient (Wildman–Crippen LogP) is 3.55. The minimum atomic E-state index is 0.697. The molecular weight excluding hydrogens is 210 g/mol. The van der Waals surface area contributed by atoms with Crippen molar-refractivity contribution < 1.29 is 4.79 Å². The fourth-order valence-corrected chi connectivity index (χ4v) is 1.74. The molecular formula is C15H13NO. The van der Waals surface area contributed by atoms with Crippen LogP contribution in [0.4, 0.5) is 5.69 Å². The molecule has 0 aliphatic carbocycles. The van der Waals surface area contributed by atoms with Gasteiger partial charge in [0.05, 0.1) is 5.69 Å². The molecule has 0 fully saturated rings. The van der Waals surface area contributed by atoms with Crippen LogP contribution in [0.5, 0.6) is 0 Å². The van der Waals surface area contributed by atoms with Crippen LogP contribution in [0.3, 0.4) is 0 Å².